The molecular weight excluding hydrogens is 248 g/mol. The van der Waals surface area contributed by atoms with Gasteiger partial charge in [0.1, 0.15) is 6.33 Å². The molecule has 1 amide bonds. The van der Waals surface area contributed by atoms with E-state index in [0.717, 1.165) is 17.7 Å². The van der Waals surface area contributed by atoms with Crippen molar-refractivity contribution in [2.45, 2.75) is 32.1 Å². The third-order valence-electron chi connectivity index (χ3n) is 3.12. The van der Waals surface area contributed by atoms with Crippen molar-refractivity contribution in [2.24, 2.45) is 0 Å². The molecule has 2 aromatic heterocycles. The number of anilines is 1. The van der Waals surface area contributed by atoms with Crippen molar-refractivity contribution in [3.05, 3.63) is 27.7 Å². The van der Waals surface area contributed by atoms with E-state index in [0.29, 0.717) is 5.95 Å². The van der Waals surface area contributed by atoms with Crippen LogP contribution >= 0.6 is 11.3 Å². The first-order valence-electron chi connectivity index (χ1n) is 6.11. The molecule has 1 aliphatic carbocycles. The van der Waals surface area contributed by atoms with E-state index in [9.17, 15) is 4.79 Å². The largest absolute Gasteiger partial charge is 0.290 e. The third kappa shape index (κ3) is 2.28. The number of amides is 1. The van der Waals surface area contributed by atoms with Crippen LogP contribution in [0.1, 0.15) is 39.4 Å². The molecule has 0 bridgehead atoms. The highest BCUT2D eigenvalue weighted by Crippen LogP contribution is 2.29. The number of carbonyl (C=O) groups excluding carboxylic acids is 1. The quantitative estimate of drug-likeness (QED) is 0.816. The lowest BCUT2D eigenvalue weighted by atomic mass is 10.1. The standard InChI is InChI=1S/C12H14N4OS/c17-11(15-12-13-7-14-16-12)10-6-8-4-2-1-3-5-9(8)18-10/h6-7H,1-5H2,(H2,13,14,15,16,17). The van der Waals surface area contributed by atoms with Gasteiger partial charge in [0.15, 0.2) is 0 Å². The third-order valence-corrected chi connectivity index (χ3v) is 4.35. The van der Waals surface area contributed by atoms with Gasteiger partial charge in [-0.3, -0.25) is 10.1 Å². The number of aryl methyl sites for hydroxylation is 2. The molecule has 2 aromatic rings. The summed E-state index contributed by atoms with van der Waals surface area (Å²) >= 11 is 1.60. The summed E-state index contributed by atoms with van der Waals surface area (Å²) < 4.78 is 0. The molecule has 0 saturated carbocycles. The predicted octanol–water partition coefficient (Wildman–Crippen LogP) is 2.39. The van der Waals surface area contributed by atoms with Gasteiger partial charge in [-0.2, -0.15) is 10.1 Å². The van der Waals surface area contributed by atoms with Gasteiger partial charge in [0.2, 0.25) is 5.95 Å². The second kappa shape index (κ2) is 4.89. The monoisotopic (exact) mass is 262 g/mol. The Morgan fingerprint density at radius 1 is 1.33 bits per heavy atom. The van der Waals surface area contributed by atoms with Crippen LogP contribution in [0.2, 0.25) is 0 Å². The van der Waals surface area contributed by atoms with E-state index in [4.69, 9.17) is 0 Å². The van der Waals surface area contributed by atoms with Crippen LogP contribution in [0, 0.1) is 0 Å². The second-order valence-corrected chi connectivity index (χ2v) is 5.54. The number of nitrogens with one attached hydrogen (secondary N) is 2. The van der Waals surface area contributed by atoms with E-state index in [1.165, 1.54) is 36.0 Å². The number of rotatable bonds is 2. The first-order chi connectivity index (χ1) is 8.83. The van der Waals surface area contributed by atoms with Crippen molar-refractivity contribution in [3.63, 3.8) is 0 Å². The van der Waals surface area contributed by atoms with E-state index >= 15 is 0 Å². The highest BCUT2D eigenvalue weighted by atomic mass is 32.1. The molecule has 0 radical (unpaired) electrons. The van der Waals surface area contributed by atoms with Gasteiger partial charge in [0.05, 0.1) is 4.88 Å². The van der Waals surface area contributed by atoms with Gasteiger partial charge in [0.25, 0.3) is 5.91 Å². The lowest BCUT2D eigenvalue weighted by Gasteiger charge is -1.97. The first kappa shape index (κ1) is 11.4. The Morgan fingerprint density at radius 2 is 2.22 bits per heavy atom. The summed E-state index contributed by atoms with van der Waals surface area (Å²) in [4.78, 5) is 18.0. The summed E-state index contributed by atoms with van der Waals surface area (Å²) in [5.41, 5.74) is 1.35. The number of H-pyrrole nitrogens is 1. The maximum Gasteiger partial charge on any atom is 0.268 e. The van der Waals surface area contributed by atoms with E-state index in [-0.39, 0.29) is 5.91 Å². The number of nitrogens with zero attached hydrogens (tertiary/aromatic N) is 2. The molecule has 0 unspecified atom stereocenters. The zero-order chi connectivity index (χ0) is 12.4. The van der Waals surface area contributed by atoms with Crippen LogP contribution < -0.4 is 5.32 Å². The van der Waals surface area contributed by atoms with Crippen molar-refractivity contribution in [3.8, 4) is 0 Å². The molecule has 3 rings (SSSR count). The summed E-state index contributed by atoms with van der Waals surface area (Å²) in [6, 6.07) is 2.02. The van der Waals surface area contributed by atoms with Crippen molar-refractivity contribution < 1.29 is 4.79 Å². The summed E-state index contributed by atoms with van der Waals surface area (Å²) in [7, 11) is 0. The Balaban J connectivity index is 1.78. The lowest BCUT2D eigenvalue weighted by Crippen LogP contribution is -2.11. The molecule has 0 saturated heterocycles. The summed E-state index contributed by atoms with van der Waals surface area (Å²) in [6.45, 7) is 0. The molecule has 94 valence electrons. The average Bonchev–Trinajstić information content (AvgIpc) is 2.95. The maximum absolute atomic E-state index is 12.0. The fourth-order valence-corrected chi connectivity index (χ4v) is 3.36. The van der Waals surface area contributed by atoms with Crippen LogP contribution in [0.25, 0.3) is 0 Å². The molecule has 2 N–H and O–H groups in total. The van der Waals surface area contributed by atoms with Gasteiger partial charge in [-0.1, -0.05) is 6.42 Å². The molecule has 6 heteroatoms. The number of hydrogen-bond donors (Lipinski definition) is 2. The fraction of sp³-hybridized carbons (Fsp3) is 0.417. The molecule has 0 spiro atoms. The van der Waals surface area contributed by atoms with Gasteiger partial charge >= 0.3 is 0 Å². The Morgan fingerprint density at radius 3 is 3.06 bits per heavy atom. The summed E-state index contributed by atoms with van der Waals surface area (Å²) in [6.07, 6.45) is 7.33. The van der Waals surface area contributed by atoms with Crippen molar-refractivity contribution >= 4 is 23.2 Å². The molecular formula is C12H14N4OS. The molecule has 5 nitrogen and oxygen atoms in total. The minimum atomic E-state index is -0.107. The molecule has 18 heavy (non-hydrogen) atoms. The molecule has 0 aromatic carbocycles. The molecule has 0 atom stereocenters. The Labute approximate surface area is 109 Å². The first-order valence-corrected chi connectivity index (χ1v) is 6.93. The van der Waals surface area contributed by atoms with Gasteiger partial charge in [-0.15, -0.1) is 11.3 Å². The smallest absolute Gasteiger partial charge is 0.268 e. The summed E-state index contributed by atoms with van der Waals surface area (Å²) in [5, 5.41) is 9.03. The normalized spacial score (nSPS) is 14.9. The number of aromatic nitrogens is 3. The van der Waals surface area contributed by atoms with Crippen molar-refractivity contribution in [2.75, 3.05) is 5.32 Å². The zero-order valence-electron chi connectivity index (χ0n) is 9.90. The topological polar surface area (TPSA) is 70.7 Å². The van der Waals surface area contributed by atoms with E-state index in [1.54, 1.807) is 11.3 Å². The number of aromatic amines is 1. The number of thiophene rings is 1. The maximum atomic E-state index is 12.0. The molecule has 2 heterocycles. The zero-order valence-corrected chi connectivity index (χ0v) is 10.7. The summed E-state index contributed by atoms with van der Waals surface area (Å²) in [5.74, 6) is 0.286. The minimum absolute atomic E-state index is 0.107. The fourth-order valence-electron chi connectivity index (χ4n) is 2.21. The number of carbonyl (C=O) groups is 1. The Bertz CT molecular complexity index is 523. The van der Waals surface area contributed by atoms with Crippen molar-refractivity contribution in [1.82, 2.24) is 15.2 Å². The number of fused-ring (bicyclic) bond motifs is 1. The van der Waals surface area contributed by atoms with Crippen LogP contribution in [-0.4, -0.2) is 21.1 Å². The average molecular weight is 262 g/mol. The van der Waals surface area contributed by atoms with Gasteiger partial charge < -0.3 is 0 Å². The lowest BCUT2D eigenvalue weighted by molar-refractivity contribution is 0.102. The minimum Gasteiger partial charge on any atom is -0.290 e. The SMILES string of the molecule is O=C(Nc1ncn[nH]1)c1cc2c(s1)CCCCC2. The molecule has 0 fully saturated rings. The van der Waals surface area contributed by atoms with Crippen LogP contribution in [-0.2, 0) is 12.8 Å². The van der Waals surface area contributed by atoms with E-state index in [2.05, 4.69) is 20.5 Å². The second-order valence-electron chi connectivity index (χ2n) is 4.41. The highest BCUT2D eigenvalue weighted by molar-refractivity contribution is 7.14. The van der Waals surface area contributed by atoms with Crippen LogP contribution in [0.5, 0.6) is 0 Å². The van der Waals surface area contributed by atoms with Crippen LogP contribution in [0.4, 0.5) is 5.95 Å². The highest BCUT2D eigenvalue weighted by Gasteiger charge is 2.16. The van der Waals surface area contributed by atoms with E-state index in [1.807, 2.05) is 6.07 Å². The van der Waals surface area contributed by atoms with Crippen LogP contribution in [0.15, 0.2) is 12.4 Å². The Kier molecular flexibility index (Phi) is 3.10. The van der Waals surface area contributed by atoms with Crippen LogP contribution in [0.3, 0.4) is 0 Å². The van der Waals surface area contributed by atoms with Crippen molar-refractivity contribution in [1.29, 1.82) is 0 Å². The van der Waals surface area contributed by atoms with Gasteiger partial charge in [-0.25, -0.2) is 5.10 Å². The Hall–Kier alpha value is -1.69. The molecule has 1 aliphatic rings. The molecule has 0 aliphatic heterocycles. The predicted molar refractivity (Wildman–Crippen MR) is 69.9 cm³/mol. The number of hydrogen-bond acceptors (Lipinski definition) is 4. The van der Waals surface area contributed by atoms with Gasteiger partial charge in [-0.05, 0) is 37.3 Å². The van der Waals surface area contributed by atoms with E-state index < -0.39 is 0 Å². The van der Waals surface area contributed by atoms with Gasteiger partial charge in [0, 0.05) is 4.88 Å².